The molecule has 3 atom stereocenters. The van der Waals surface area contributed by atoms with Gasteiger partial charge in [-0.25, -0.2) is 0 Å². The molecule has 0 spiro atoms. The maximum Gasteiger partial charge on any atom is 0.102 e. The van der Waals surface area contributed by atoms with Gasteiger partial charge in [0.25, 0.3) is 0 Å². The van der Waals surface area contributed by atoms with Crippen molar-refractivity contribution in [1.82, 2.24) is 0 Å². The van der Waals surface area contributed by atoms with E-state index in [0.29, 0.717) is 26.4 Å². The first-order chi connectivity index (χ1) is 9.15. The number of hydrogen-bond acceptors (Lipinski definition) is 4. The average molecular weight is 270 g/mol. The Balaban J connectivity index is 2.71. The highest BCUT2D eigenvalue weighted by atomic mass is 16.5. The lowest BCUT2D eigenvalue weighted by molar-refractivity contribution is -0.00251. The lowest BCUT2D eigenvalue weighted by Crippen LogP contribution is -2.31. The highest BCUT2D eigenvalue weighted by molar-refractivity contribution is 5.05. The van der Waals surface area contributed by atoms with Gasteiger partial charge in [0.1, 0.15) is 6.10 Å². The van der Waals surface area contributed by atoms with E-state index in [1.807, 2.05) is 32.1 Å². The van der Waals surface area contributed by atoms with Gasteiger partial charge in [0, 0.05) is 26.2 Å². The first-order valence-corrected chi connectivity index (χ1v) is 6.85. The minimum atomic E-state index is -0.570. The zero-order chi connectivity index (χ0) is 14.1. The molecule has 1 N–H and O–H groups in total. The van der Waals surface area contributed by atoms with Crippen LogP contribution in [-0.2, 0) is 14.2 Å². The zero-order valence-electron chi connectivity index (χ0n) is 12.2. The lowest BCUT2D eigenvalue weighted by atomic mass is 9.97. The van der Waals surface area contributed by atoms with Crippen molar-refractivity contribution >= 4 is 0 Å². The van der Waals surface area contributed by atoms with E-state index < -0.39 is 6.10 Å². The van der Waals surface area contributed by atoms with Crippen molar-refractivity contribution in [3.8, 4) is 0 Å². The first-order valence-electron chi connectivity index (χ1n) is 6.85. The second kappa shape index (κ2) is 9.26. The molecule has 0 amide bonds. The van der Waals surface area contributed by atoms with Crippen molar-refractivity contribution < 1.29 is 19.3 Å². The van der Waals surface area contributed by atoms with Gasteiger partial charge in [-0.1, -0.05) is 30.7 Å². The third-order valence-corrected chi connectivity index (χ3v) is 3.14. The SMILES string of the molecule is CO[C@H]1/C=C/COCCCOC/C(C)=C\[C@@H](C)[C@@H]1O. The van der Waals surface area contributed by atoms with Gasteiger partial charge in [0.05, 0.1) is 19.3 Å². The number of rotatable bonds is 1. The summed E-state index contributed by atoms with van der Waals surface area (Å²) in [4.78, 5) is 0. The maximum atomic E-state index is 10.3. The van der Waals surface area contributed by atoms with Crippen molar-refractivity contribution in [3.05, 3.63) is 23.8 Å². The summed E-state index contributed by atoms with van der Waals surface area (Å²) in [5, 5.41) is 10.3. The smallest absolute Gasteiger partial charge is 0.102 e. The molecule has 0 aliphatic carbocycles. The van der Waals surface area contributed by atoms with Gasteiger partial charge in [0.2, 0.25) is 0 Å². The Hall–Kier alpha value is -0.680. The van der Waals surface area contributed by atoms with Crippen LogP contribution < -0.4 is 0 Å². The maximum absolute atomic E-state index is 10.3. The van der Waals surface area contributed by atoms with E-state index in [0.717, 1.165) is 12.0 Å². The molecular formula is C15H26O4. The molecule has 0 unspecified atom stereocenters. The molecule has 1 heterocycles. The normalized spacial score (nSPS) is 36.0. The summed E-state index contributed by atoms with van der Waals surface area (Å²) in [7, 11) is 1.61. The van der Waals surface area contributed by atoms with Crippen molar-refractivity contribution in [2.45, 2.75) is 32.5 Å². The molecular weight excluding hydrogens is 244 g/mol. The standard InChI is InChI=1S/C15H26O4/c1-12-10-13(2)15(16)14(17-3)6-4-7-18-8-5-9-19-11-12/h4,6,10,13-16H,5,7-9,11H2,1-3H3/b6-4+,12-10-/t13-,14+,15+/m1/s1. The number of ether oxygens (including phenoxy) is 3. The molecule has 4 heteroatoms. The quantitative estimate of drug-likeness (QED) is 0.740. The molecule has 0 bridgehead atoms. The summed E-state index contributed by atoms with van der Waals surface area (Å²) in [5.74, 6) is 0.0158. The minimum Gasteiger partial charge on any atom is -0.389 e. The Bertz CT molecular complexity index is 299. The topological polar surface area (TPSA) is 47.9 Å². The second-order valence-corrected chi connectivity index (χ2v) is 4.97. The Morgan fingerprint density at radius 2 is 2.05 bits per heavy atom. The van der Waals surface area contributed by atoms with Crippen LogP contribution >= 0.6 is 0 Å². The average Bonchev–Trinajstić information content (AvgIpc) is 2.39. The summed E-state index contributed by atoms with van der Waals surface area (Å²) < 4.78 is 16.3. The van der Waals surface area contributed by atoms with Crippen LogP contribution in [0.5, 0.6) is 0 Å². The third kappa shape index (κ3) is 6.34. The fraction of sp³-hybridized carbons (Fsp3) is 0.733. The summed E-state index contributed by atoms with van der Waals surface area (Å²) >= 11 is 0. The van der Waals surface area contributed by atoms with Crippen LogP contribution in [0.25, 0.3) is 0 Å². The van der Waals surface area contributed by atoms with Crippen LogP contribution in [0.1, 0.15) is 20.3 Å². The third-order valence-electron chi connectivity index (χ3n) is 3.14. The summed E-state index contributed by atoms with van der Waals surface area (Å²) in [5.41, 5.74) is 1.13. The Labute approximate surface area is 116 Å². The molecule has 1 aliphatic rings. The number of aliphatic hydroxyl groups excluding tert-OH is 1. The minimum absolute atomic E-state index is 0.0158. The number of methoxy groups -OCH3 is 1. The van der Waals surface area contributed by atoms with Crippen LogP contribution in [0.2, 0.25) is 0 Å². The highest BCUT2D eigenvalue weighted by Gasteiger charge is 2.21. The Morgan fingerprint density at radius 3 is 2.79 bits per heavy atom. The van der Waals surface area contributed by atoms with Crippen molar-refractivity contribution in [2.75, 3.05) is 33.5 Å². The molecule has 0 fully saturated rings. The van der Waals surface area contributed by atoms with E-state index in [1.54, 1.807) is 7.11 Å². The number of aliphatic hydroxyl groups is 1. The summed E-state index contributed by atoms with van der Waals surface area (Å²) in [6.45, 7) is 6.52. The van der Waals surface area contributed by atoms with Gasteiger partial charge in [-0.05, 0) is 13.3 Å². The molecule has 4 nitrogen and oxygen atoms in total. The summed E-state index contributed by atoms with van der Waals surface area (Å²) in [6.07, 6.45) is 5.82. The van der Waals surface area contributed by atoms with E-state index in [4.69, 9.17) is 14.2 Å². The largest absolute Gasteiger partial charge is 0.389 e. The van der Waals surface area contributed by atoms with Crippen LogP contribution in [0.15, 0.2) is 23.8 Å². The monoisotopic (exact) mass is 270 g/mol. The van der Waals surface area contributed by atoms with Gasteiger partial charge in [-0.15, -0.1) is 0 Å². The van der Waals surface area contributed by atoms with E-state index in [1.165, 1.54) is 0 Å². The van der Waals surface area contributed by atoms with E-state index in [-0.39, 0.29) is 12.0 Å². The molecule has 0 saturated carbocycles. The van der Waals surface area contributed by atoms with Crippen molar-refractivity contribution in [2.24, 2.45) is 5.92 Å². The molecule has 19 heavy (non-hydrogen) atoms. The molecule has 0 radical (unpaired) electrons. The predicted octanol–water partition coefficient (Wildman–Crippen LogP) is 1.94. The van der Waals surface area contributed by atoms with Gasteiger partial charge in [0.15, 0.2) is 0 Å². The lowest BCUT2D eigenvalue weighted by Gasteiger charge is -2.23. The van der Waals surface area contributed by atoms with Gasteiger partial charge in [-0.2, -0.15) is 0 Å². The molecule has 1 aliphatic heterocycles. The Kier molecular flexibility index (Phi) is 7.98. The first kappa shape index (κ1) is 16.4. The fourth-order valence-electron chi connectivity index (χ4n) is 2.06. The second-order valence-electron chi connectivity index (χ2n) is 4.97. The molecule has 0 aromatic rings. The Morgan fingerprint density at radius 1 is 1.32 bits per heavy atom. The number of hydrogen-bond donors (Lipinski definition) is 1. The van der Waals surface area contributed by atoms with Crippen LogP contribution in [0.4, 0.5) is 0 Å². The molecule has 0 aromatic carbocycles. The molecule has 1 rings (SSSR count). The van der Waals surface area contributed by atoms with Crippen molar-refractivity contribution in [1.29, 1.82) is 0 Å². The fourth-order valence-corrected chi connectivity index (χ4v) is 2.06. The molecule has 110 valence electrons. The van der Waals surface area contributed by atoms with E-state index in [9.17, 15) is 5.11 Å². The van der Waals surface area contributed by atoms with Crippen LogP contribution in [0, 0.1) is 5.92 Å². The van der Waals surface area contributed by atoms with E-state index >= 15 is 0 Å². The summed E-state index contributed by atoms with van der Waals surface area (Å²) in [6, 6.07) is 0. The van der Waals surface area contributed by atoms with Gasteiger partial charge < -0.3 is 19.3 Å². The van der Waals surface area contributed by atoms with Gasteiger partial charge >= 0.3 is 0 Å². The van der Waals surface area contributed by atoms with Crippen LogP contribution in [0.3, 0.4) is 0 Å². The van der Waals surface area contributed by atoms with Crippen molar-refractivity contribution in [3.63, 3.8) is 0 Å². The molecule has 0 aromatic heterocycles. The zero-order valence-corrected chi connectivity index (χ0v) is 12.2. The van der Waals surface area contributed by atoms with Crippen LogP contribution in [-0.4, -0.2) is 50.9 Å². The predicted molar refractivity (Wildman–Crippen MR) is 75.1 cm³/mol. The van der Waals surface area contributed by atoms with E-state index in [2.05, 4.69) is 0 Å². The van der Waals surface area contributed by atoms with Gasteiger partial charge in [-0.3, -0.25) is 0 Å². The highest BCUT2D eigenvalue weighted by Crippen LogP contribution is 2.15. The molecule has 0 saturated heterocycles.